The Morgan fingerprint density at radius 1 is 0.956 bits per heavy atom. The third-order valence-electron chi connectivity index (χ3n) is 10.3. The van der Waals surface area contributed by atoms with Crippen molar-refractivity contribution in [1.82, 2.24) is 0 Å². The van der Waals surface area contributed by atoms with Crippen LogP contribution < -0.4 is 0 Å². The van der Waals surface area contributed by atoms with Gasteiger partial charge in [0.25, 0.3) is 0 Å². The van der Waals surface area contributed by atoms with E-state index in [9.17, 15) is 39.6 Å². The maximum atomic E-state index is 13.6. The Morgan fingerprint density at radius 2 is 1.56 bits per heavy atom. The van der Waals surface area contributed by atoms with Crippen molar-refractivity contribution in [1.29, 1.82) is 0 Å². The van der Waals surface area contributed by atoms with Crippen LogP contribution in [-0.4, -0.2) is 106 Å². The molecular weight excluding hydrogens is 592 g/mol. The summed E-state index contributed by atoms with van der Waals surface area (Å²) in [6, 6.07) is 0. The quantitative estimate of drug-likeness (QED) is 0.182. The Bertz CT molecular complexity index is 1250. The second kappa shape index (κ2) is 12.8. The highest BCUT2D eigenvalue weighted by Gasteiger charge is 2.64. The van der Waals surface area contributed by atoms with Gasteiger partial charge in [-0.25, -0.2) is 0 Å². The standard InChI is InChI=1S/C32H46O13/c1-13-19(37)11-18-27(41-15(3)34)23-14(2)20(44-30-26(40)25(39)24(38)21(12-33)45-30)9-10-32(23,8)29(43-17(5)36)28(42-16(4)35)22(13)31(18,6)7/h18,20-21,23-30,33,38-40H,2,9-12H2,1,3-8H3/t18-,20-,21+,23-,24+,25-,26+,27+,28+,29-,30+,32+/m0/s1. The third kappa shape index (κ3) is 6.22. The molecule has 13 nitrogen and oxygen atoms in total. The number of ketones is 1. The molecule has 0 spiro atoms. The Kier molecular flexibility index (Phi) is 10.0. The van der Waals surface area contributed by atoms with Crippen molar-refractivity contribution >= 4 is 23.7 Å². The minimum Gasteiger partial charge on any atom is -0.462 e. The van der Waals surface area contributed by atoms with Crippen molar-refractivity contribution in [3.63, 3.8) is 0 Å². The van der Waals surface area contributed by atoms with E-state index in [2.05, 4.69) is 6.58 Å². The molecule has 12 atom stereocenters. The molecule has 4 rings (SSSR count). The average Bonchev–Trinajstić information content (AvgIpc) is 2.93. The normalized spacial score (nSPS) is 41.4. The molecule has 252 valence electrons. The van der Waals surface area contributed by atoms with E-state index in [0.717, 1.165) is 0 Å². The van der Waals surface area contributed by atoms with E-state index in [1.807, 2.05) is 20.8 Å². The maximum absolute atomic E-state index is 13.6. The fourth-order valence-electron chi connectivity index (χ4n) is 8.10. The van der Waals surface area contributed by atoms with Gasteiger partial charge in [0.2, 0.25) is 0 Å². The second-order valence-corrected chi connectivity index (χ2v) is 13.5. The first-order chi connectivity index (χ1) is 20.9. The maximum Gasteiger partial charge on any atom is 0.303 e. The number of hydrogen-bond donors (Lipinski definition) is 4. The molecule has 0 amide bonds. The first-order valence-corrected chi connectivity index (χ1v) is 15.3. The number of aliphatic hydroxyl groups excluding tert-OH is 4. The van der Waals surface area contributed by atoms with Gasteiger partial charge in [-0.2, -0.15) is 0 Å². The van der Waals surface area contributed by atoms with Crippen LogP contribution in [0, 0.1) is 22.7 Å². The number of ether oxygens (including phenoxy) is 5. The van der Waals surface area contributed by atoms with E-state index in [4.69, 9.17) is 23.7 Å². The largest absolute Gasteiger partial charge is 0.462 e. The number of fused-ring (bicyclic) bond motifs is 3. The number of allylic oxidation sites excluding steroid dienone is 1. The second-order valence-electron chi connectivity index (χ2n) is 13.5. The van der Waals surface area contributed by atoms with Crippen molar-refractivity contribution < 1.29 is 63.3 Å². The van der Waals surface area contributed by atoms with Crippen molar-refractivity contribution in [3.05, 3.63) is 23.3 Å². The molecule has 0 unspecified atom stereocenters. The number of Topliss-reactive ketones (excluding diaryl/α,β-unsaturated/α-hetero) is 1. The molecule has 45 heavy (non-hydrogen) atoms. The summed E-state index contributed by atoms with van der Waals surface area (Å²) >= 11 is 0. The lowest BCUT2D eigenvalue weighted by Gasteiger charge is -2.59. The zero-order chi connectivity index (χ0) is 33.8. The molecule has 0 aromatic carbocycles. The van der Waals surface area contributed by atoms with Gasteiger partial charge in [-0.05, 0) is 41.9 Å². The highest BCUT2D eigenvalue weighted by molar-refractivity contribution is 5.97. The molecule has 1 aliphatic heterocycles. The molecular formula is C32H46O13. The Balaban J connectivity index is 1.89. The number of carbonyl (C=O) groups excluding carboxylic acids is 4. The third-order valence-corrected chi connectivity index (χ3v) is 10.3. The first kappa shape index (κ1) is 35.2. The van der Waals surface area contributed by atoms with Gasteiger partial charge in [0, 0.05) is 44.4 Å². The lowest BCUT2D eigenvalue weighted by molar-refractivity contribution is -0.312. The summed E-state index contributed by atoms with van der Waals surface area (Å²) in [6.45, 7) is 14.7. The van der Waals surface area contributed by atoms with Gasteiger partial charge in [-0.1, -0.05) is 27.4 Å². The summed E-state index contributed by atoms with van der Waals surface area (Å²) in [5.41, 5.74) is -0.722. The Hall–Kier alpha value is -2.68. The van der Waals surface area contributed by atoms with Crippen LogP contribution in [0.5, 0.6) is 0 Å². The predicted octanol–water partition coefficient (Wildman–Crippen LogP) is 0.884. The number of carbonyl (C=O) groups is 4. The molecule has 3 fully saturated rings. The van der Waals surface area contributed by atoms with Gasteiger partial charge < -0.3 is 44.1 Å². The van der Waals surface area contributed by atoms with E-state index < -0.39 is 102 Å². The monoisotopic (exact) mass is 638 g/mol. The van der Waals surface area contributed by atoms with E-state index in [1.165, 1.54) is 20.8 Å². The highest BCUT2D eigenvalue weighted by Crippen LogP contribution is 2.60. The summed E-state index contributed by atoms with van der Waals surface area (Å²) in [7, 11) is 0. The SMILES string of the molecule is C=C1[C@@H](O[C@@H]2O[C@H](CO)[C@@H](O)[C@H](O)[C@H]2O)CC[C@@]2(C)[C@@H](OC(C)=O)[C@H](OC(C)=O)C3=C(C)C(=O)C[C@@H]([C@@H](OC(C)=O)[C@H]12)C3(C)C. The first-order valence-electron chi connectivity index (χ1n) is 15.3. The topological polar surface area (TPSA) is 195 Å². The van der Waals surface area contributed by atoms with Gasteiger partial charge in [-0.3, -0.25) is 19.2 Å². The van der Waals surface area contributed by atoms with Crippen LogP contribution in [-0.2, 0) is 42.9 Å². The van der Waals surface area contributed by atoms with E-state index in [-0.39, 0.29) is 25.0 Å². The van der Waals surface area contributed by atoms with Gasteiger partial charge in [0.15, 0.2) is 18.2 Å². The lowest BCUT2D eigenvalue weighted by Crippen LogP contribution is -2.64. The molecule has 0 aromatic heterocycles. The zero-order valence-corrected chi connectivity index (χ0v) is 26.8. The van der Waals surface area contributed by atoms with Crippen LogP contribution in [0.4, 0.5) is 0 Å². The van der Waals surface area contributed by atoms with Crippen LogP contribution in [0.15, 0.2) is 23.3 Å². The van der Waals surface area contributed by atoms with Crippen LogP contribution in [0.25, 0.3) is 0 Å². The molecule has 1 heterocycles. The van der Waals surface area contributed by atoms with Crippen molar-refractivity contribution in [2.75, 3.05) is 6.61 Å². The van der Waals surface area contributed by atoms with E-state index in [1.54, 1.807) is 6.92 Å². The van der Waals surface area contributed by atoms with Crippen LogP contribution in [0.2, 0.25) is 0 Å². The Morgan fingerprint density at radius 3 is 2.11 bits per heavy atom. The molecule has 4 aliphatic rings. The van der Waals surface area contributed by atoms with Crippen LogP contribution >= 0.6 is 0 Å². The van der Waals surface area contributed by atoms with E-state index in [0.29, 0.717) is 16.7 Å². The van der Waals surface area contributed by atoms with E-state index >= 15 is 0 Å². The van der Waals surface area contributed by atoms with Crippen molar-refractivity contribution in [3.8, 4) is 0 Å². The molecule has 13 heteroatoms. The van der Waals surface area contributed by atoms with Gasteiger partial charge >= 0.3 is 17.9 Å². The molecule has 1 saturated heterocycles. The highest BCUT2D eigenvalue weighted by atomic mass is 16.7. The van der Waals surface area contributed by atoms with Gasteiger partial charge in [-0.15, -0.1) is 0 Å². The molecule has 3 aliphatic carbocycles. The average molecular weight is 639 g/mol. The van der Waals surface area contributed by atoms with Gasteiger partial charge in [0.1, 0.15) is 36.6 Å². The lowest BCUT2D eigenvalue weighted by atomic mass is 9.49. The van der Waals surface area contributed by atoms with Crippen LogP contribution in [0.1, 0.15) is 67.7 Å². The molecule has 0 radical (unpaired) electrons. The zero-order valence-electron chi connectivity index (χ0n) is 26.8. The Labute approximate surface area is 262 Å². The molecule has 4 N–H and O–H groups in total. The fourth-order valence-corrected chi connectivity index (χ4v) is 8.10. The molecule has 0 aromatic rings. The smallest absolute Gasteiger partial charge is 0.303 e. The van der Waals surface area contributed by atoms with Crippen LogP contribution in [0.3, 0.4) is 0 Å². The number of esters is 3. The summed E-state index contributed by atoms with van der Waals surface area (Å²) in [6.07, 6.45) is -11.2. The van der Waals surface area contributed by atoms with Crippen molar-refractivity contribution in [2.24, 2.45) is 22.7 Å². The van der Waals surface area contributed by atoms with Gasteiger partial charge in [0.05, 0.1) is 12.7 Å². The molecule has 2 bridgehead atoms. The predicted molar refractivity (Wildman–Crippen MR) is 155 cm³/mol. The van der Waals surface area contributed by atoms with Crippen molar-refractivity contribution in [2.45, 2.75) is 123 Å². The summed E-state index contributed by atoms with van der Waals surface area (Å²) in [4.78, 5) is 51.5. The minimum absolute atomic E-state index is 0.0173. The fraction of sp³-hybridized carbons (Fsp3) is 0.750. The number of rotatable bonds is 6. The molecule has 2 saturated carbocycles. The summed E-state index contributed by atoms with van der Waals surface area (Å²) < 4.78 is 29.8. The number of hydrogen-bond acceptors (Lipinski definition) is 13. The number of aliphatic hydroxyl groups is 4. The summed E-state index contributed by atoms with van der Waals surface area (Å²) in [5.74, 6) is -3.57. The summed E-state index contributed by atoms with van der Waals surface area (Å²) in [5, 5.41) is 40.9. The minimum atomic E-state index is -1.67.